The first-order chi connectivity index (χ1) is 10.7. The molecule has 1 heterocycles. The minimum absolute atomic E-state index is 0.0440. The van der Waals surface area contributed by atoms with Gasteiger partial charge in [-0.05, 0) is 44.9 Å². The van der Waals surface area contributed by atoms with Crippen molar-refractivity contribution >= 4 is 32.6 Å². The molecule has 3 rings (SSSR count). The van der Waals surface area contributed by atoms with E-state index in [9.17, 15) is 4.79 Å². The fraction of sp³-hybridized carbons (Fsp3) is 0.118. The first-order valence-electron chi connectivity index (χ1n) is 6.83. The zero-order valence-corrected chi connectivity index (χ0v) is 13.3. The van der Waals surface area contributed by atoms with E-state index < -0.39 is 0 Å². The van der Waals surface area contributed by atoms with E-state index in [0.29, 0.717) is 18.1 Å². The quantitative estimate of drug-likeness (QED) is 0.751. The molecule has 0 bridgehead atoms. The summed E-state index contributed by atoms with van der Waals surface area (Å²) in [6.07, 6.45) is 1.57. The number of amides is 1. The number of benzene rings is 2. The van der Waals surface area contributed by atoms with Crippen molar-refractivity contribution in [3.8, 4) is 5.75 Å². The van der Waals surface area contributed by atoms with Crippen molar-refractivity contribution in [1.82, 2.24) is 5.32 Å². The summed E-state index contributed by atoms with van der Waals surface area (Å²) in [6, 6.07) is 15.4. The number of furan rings is 1. The number of halogens is 1. The van der Waals surface area contributed by atoms with E-state index in [1.54, 1.807) is 18.4 Å². The summed E-state index contributed by atoms with van der Waals surface area (Å²) in [4.78, 5) is 11.8. The van der Waals surface area contributed by atoms with E-state index in [4.69, 9.17) is 9.15 Å². The molecular weight excluding hydrogens is 346 g/mol. The Labute approximate surface area is 136 Å². The standard InChI is InChI=1S/C17H14BrNO3/c18-17-14-6-2-1-4-12(14)7-8-15(17)22-11-16(20)19-10-13-5-3-9-21-13/h1-9H,10-11H2,(H,19,20). The maximum absolute atomic E-state index is 11.8. The molecule has 0 radical (unpaired) electrons. The van der Waals surface area contributed by atoms with Crippen molar-refractivity contribution in [3.63, 3.8) is 0 Å². The monoisotopic (exact) mass is 359 g/mol. The second kappa shape index (κ2) is 6.66. The normalized spacial score (nSPS) is 10.6. The molecule has 4 nitrogen and oxygen atoms in total. The number of carbonyl (C=O) groups excluding carboxylic acids is 1. The summed E-state index contributed by atoms with van der Waals surface area (Å²) >= 11 is 3.53. The van der Waals surface area contributed by atoms with Crippen LogP contribution in [0.4, 0.5) is 0 Å². The molecule has 1 amide bonds. The van der Waals surface area contributed by atoms with E-state index in [0.717, 1.165) is 15.2 Å². The topological polar surface area (TPSA) is 51.5 Å². The predicted octanol–water partition coefficient (Wildman–Crippen LogP) is 3.89. The molecule has 0 atom stereocenters. The molecule has 1 N–H and O–H groups in total. The van der Waals surface area contributed by atoms with Gasteiger partial charge in [0.25, 0.3) is 5.91 Å². The van der Waals surface area contributed by atoms with Gasteiger partial charge in [0.05, 0.1) is 17.3 Å². The van der Waals surface area contributed by atoms with E-state index in [2.05, 4.69) is 21.2 Å². The van der Waals surface area contributed by atoms with Crippen LogP contribution < -0.4 is 10.1 Å². The van der Waals surface area contributed by atoms with Crippen LogP contribution in [-0.2, 0) is 11.3 Å². The molecule has 0 fully saturated rings. The number of fused-ring (bicyclic) bond motifs is 1. The van der Waals surface area contributed by atoms with Crippen LogP contribution in [-0.4, -0.2) is 12.5 Å². The predicted molar refractivity (Wildman–Crippen MR) is 87.7 cm³/mol. The van der Waals surface area contributed by atoms with Gasteiger partial charge in [-0.25, -0.2) is 0 Å². The van der Waals surface area contributed by atoms with Crippen LogP contribution in [0.5, 0.6) is 5.75 Å². The third kappa shape index (κ3) is 3.31. The molecular formula is C17H14BrNO3. The zero-order chi connectivity index (χ0) is 15.4. The average Bonchev–Trinajstić information content (AvgIpc) is 3.06. The third-order valence-corrected chi connectivity index (χ3v) is 4.04. The highest BCUT2D eigenvalue weighted by molar-refractivity contribution is 9.10. The van der Waals surface area contributed by atoms with Crippen molar-refractivity contribution in [2.45, 2.75) is 6.54 Å². The molecule has 3 aromatic rings. The molecule has 0 aliphatic heterocycles. The Morgan fingerprint density at radius 2 is 2.00 bits per heavy atom. The summed E-state index contributed by atoms with van der Waals surface area (Å²) in [5.41, 5.74) is 0. The van der Waals surface area contributed by atoms with Crippen LogP contribution in [0.15, 0.2) is 63.7 Å². The SMILES string of the molecule is O=C(COc1ccc2ccccc2c1Br)NCc1ccco1. The largest absolute Gasteiger partial charge is 0.483 e. The fourth-order valence-corrected chi connectivity index (χ4v) is 2.73. The van der Waals surface area contributed by atoms with Crippen LogP contribution in [0.1, 0.15) is 5.76 Å². The van der Waals surface area contributed by atoms with Crippen molar-refractivity contribution in [2.75, 3.05) is 6.61 Å². The van der Waals surface area contributed by atoms with Crippen LogP contribution in [0.2, 0.25) is 0 Å². The van der Waals surface area contributed by atoms with Crippen LogP contribution in [0, 0.1) is 0 Å². The van der Waals surface area contributed by atoms with Gasteiger partial charge in [0.2, 0.25) is 0 Å². The highest BCUT2D eigenvalue weighted by atomic mass is 79.9. The molecule has 2 aromatic carbocycles. The van der Waals surface area contributed by atoms with Crippen LogP contribution in [0.3, 0.4) is 0 Å². The lowest BCUT2D eigenvalue weighted by Crippen LogP contribution is -2.28. The number of ether oxygens (including phenoxy) is 1. The summed E-state index contributed by atoms with van der Waals surface area (Å²) in [5.74, 6) is 1.16. The Balaban J connectivity index is 1.61. The van der Waals surface area contributed by atoms with Gasteiger partial charge in [0, 0.05) is 0 Å². The van der Waals surface area contributed by atoms with E-state index >= 15 is 0 Å². The van der Waals surface area contributed by atoms with Crippen molar-refractivity contribution in [3.05, 3.63) is 65.0 Å². The van der Waals surface area contributed by atoms with Crippen LogP contribution in [0.25, 0.3) is 10.8 Å². The van der Waals surface area contributed by atoms with Gasteiger partial charge < -0.3 is 14.5 Å². The maximum Gasteiger partial charge on any atom is 0.258 e. The van der Waals surface area contributed by atoms with E-state index in [1.807, 2.05) is 36.4 Å². The smallest absolute Gasteiger partial charge is 0.258 e. The number of hydrogen-bond donors (Lipinski definition) is 1. The second-order valence-corrected chi connectivity index (χ2v) is 5.54. The van der Waals surface area contributed by atoms with E-state index in [1.165, 1.54) is 0 Å². The molecule has 0 unspecified atom stereocenters. The lowest BCUT2D eigenvalue weighted by atomic mass is 10.1. The van der Waals surface area contributed by atoms with Gasteiger partial charge in [0.15, 0.2) is 6.61 Å². The molecule has 5 heteroatoms. The first-order valence-corrected chi connectivity index (χ1v) is 7.62. The Kier molecular flexibility index (Phi) is 4.44. The molecule has 0 aliphatic rings. The molecule has 0 saturated heterocycles. The Morgan fingerprint density at radius 3 is 2.82 bits per heavy atom. The van der Waals surface area contributed by atoms with Gasteiger partial charge in [-0.1, -0.05) is 30.3 Å². The van der Waals surface area contributed by atoms with Gasteiger partial charge in [-0.15, -0.1) is 0 Å². The number of hydrogen-bond acceptors (Lipinski definition) is 3. The number of nitrogens with one attached hydrogen (secondary N) is 1. The Morgan fingerprint density at radius 1 is 1.14 bits per heavy atom. The lowest BCUT2D eigenvalue weighted by molar-refractivity contribution is -0.123. The fourth-order valence-electron chi connectivity index (χ4n) is 2.12. The summed E-state index contributed by atoms with van der Waals surface area (Å²) < 4.78 is 11.6. The number of rotatable bonds is 5. The molecule has 1 aromatic heterocycles. The number of carbonyl (C=O) groups is 1. The second-order valence-electron chi connectivity index (χ2n) is 4.74. The van der Waals surface area contributed by atoms with E-state index in [-0.39, 0.29) is 12.5 Å². The lowest BCUT2D eigenvalue weighted by Gasteiger charge is -2.10. The molecule has 0 aliphatic carbocycles. The zero-order valence-electron chi connectivity index (χ0n) is 11.7. The molecule has 0 spiro atoms. The van der Waals surface area contributed by atoms with Gasteiger partial charge in [-0.3, -0.25) is 4.79 Å². The van der Waals surface area contributed by atoms with Crippen molar-refractivity contribution in [1.29, 1.82) is 0 Å². The minimum Gasteiger partial charge on any atom is -0.483 e. The maximum atomic E-state index is 11.8. The minimum atomic E-state index is -0.198. The third-order valence-electron chi connectivity index (χ3n) is 3.23. The summed E-state index contributed by atoms with van der Waals surface area (Å²) in [5, 5.41) is 4.91. The molecule has 112 valence electrons. The Bertz CT molecular complexity index is 784. The average molecular weight is 360 g/mol. The van der Waals surface area contributed by atoms with Gasteiger partial charge >= 0.3 is 0 Å². The van der Waals surface area contributed by atoms with Crippen molar-refractivity contribution in [2.24, 2.45) is 0 Å². The highest BCUT2D eigenvalue weighted by Gasteiger charge is 2.08. The van der Waals surface area contributed by atoms with Crippen LogP contribution >= 0.6 is 15.9 Å². The summed E-state index contributed by atoms with van der Waals surface area (Å²) in [6.45, 7) is 0.311. The van der Waals surface area contributed by atoms with Gasteiger partial charge in [-0.2, -0.15) is 0 Å². The molecule has 0 saturated carbocycles. The molecule has 22 heavy (non-hydrogen) atoms. The Hall–Kier alpha value is -2.27. The first kappa shape index (κ1) is 14.7. The summed E-state index contributed by atoms with van der Waals surface area (Å²) in [7, 11) is 0. The van der Waals surface area contributed by atoms with Gasteiger partial charge in [0.1, 0.15) is 11.5 Å². The van der Waals surface area contributed by atoms with Crippen molar-refractivity contribution < 1.29 is 13.9 Å². The highest BCUT2D eigenvalue weighted by Crippen LogP contribution is 2.32.